The minimum atomic E-state index is -3.42. The van der Waals surface area contributed by atoms with Crippen LogP contribution in [0.25, 0.3) is 5.76 Å². The Kier molecular flexibility index (Phi) is 6.18. The van der Waals surface area contributed by atoms with Gasteiger partial charge in [0, 0.05) is 29.7 Å². The first kappa shape index (κ1) is 20.5. The zero-order chi connectivity index (χ0) is 19.6. The summed E-state index contributed by atoms with van der Waals surface area (Å²) >= 11 is 1.37. The molecule has 1 aliphatic carbocycles. The van der Waals surface area contributed by atoms with E-state index in [0.29, 0.717) is 21.8 Å². The van der Waals surface area contributed by atoms with E-state index in [0.717, 1.165) is 19.1 Å². The number of thioether (sulfide) groups is 1. The third kappa shape index (κ3) is 4.12. The number of aliphatic hydroxyl groups is 1. The molecule has 0 bridgehead atoms. The molecule has 0 saturated heterocycles. The number of hydrogen-bond donors (Lipinski definition) is 3. The Labute approximate surface area is 158 Å². The highest BCUT2D eigenvalue weighted by Crippen LogP contribution is 2.37. The maximum absolute atomic E-state index is 12.3. The number of carbonyl (C=O) groups excluding carboxylic acids is 1. The number of rotatable bonds is 7. The average molecular weight is 397 g/mol. The number of amides is 1. The van der Waals surface area contributed by atoms with Crippen molar-refractivity contribution in [2.75, 3.05) is 19.1 Å². The Hall–Kier alpha value is -1.80. The standard InChI is InChI=1S/C18H24N2O4S2/c1-5-25-17-10(2)12(8-9-13(17)26(4,23)24)16(21)14(18(22)20-3)15(19)11-6-7-11/h8-9,11,19,21H,5-7H2,1-4H3,(H,20,22). The van der Waals surface area contributed by atoms with Gasteiger partial charge in [0.15, 0.2) is 9.84 Å². The van der Waals surface area contributed by atoms with E-state index < -0.39 is 15.7 Å². The topological polar surface area (TPSA) is 107 Å². The molecule has 0 heterocycles. The minimum Gasteiger partial charge on any atom is -0.506 e. The highest BCUT2D eigenvalue weighted by Gasteiger charge is 2.34. The van der Waals surface area contributed by atoms with Crippen molar-refractivity contribution in [3.05, 3.63) is 28.8 Å². The van der Waals surface area contributed by atoms with Gasteiger partial charge >= 0.3 is 0 Å². The predicted octanol–water partition coefficient (Wildman–Crippen LogP) is 2.96. The van der Waals surface area contributed by atoms with Gasteiger partial charge in [-0.25, -0.2) is 8.42 Å². The van der Waals surface area contributed by atoms with E-state index in [4.69, 9.17) is 5.41 Å². The SMILES string of the molecule is CCSc1c(S(C)(=O)=O)ccc(C(O)=C(C(=N)C2CC2)C(=O)NC)c1C. The molecular formula is C18H24N2O4S2. The van der Waals surface area contributed by atoms with Crippen LogP contribution in [0.1, 0.15) is 30.9 Å². The summed E-state index contributed by atoms with van der Waals surface area (Å²) in [5, 5.41) is 21.5. The van der Waals surface area contributed by atoms with Crippen LogP contribution in [0.2, 0.25) is 0 Å². The monoisotopic (exact) mass is 396 g/mol. The van der Waals surface area contributed by atoms with Gasteiger partial charge in [-0.1, -0.05) is 6.92 Å². The second kappa shape index (κ2) is 7.84. The van der Waals surface area contributed by atoms with Gasteiger partial charge in [0.2, 0.25) is 0 Å². The first-order chi connectivity index (χ1) is 12.1. The smallest absolute Gasteiger partial charge is 0.256 e. The molecule has 0 atom stereocenters. The second-order valence-electron chi connectivity index (χ2n) is 6.26. The molecule has 0 aliphatic heterocycles. The van der Waals surface area contributed by atoms with Crippen LogP contribution in [0.5, 0.6) is 0 Å². The molecule has 0 spiro atoms. The first-order valence-electron chi connectivity index (χ1n) is 8.34. The molecule has 2 rings (SSSR count). The van der Waals surface area contributed by atoms with Crippen molar-refractivity contribution in [3.8, 4) is 0 Å². The van der Waals surface area contributed by atoms with Gasteiger partial charge in [-0.3, -0.25) is 4.79 Å². The van der Waals surface area contributed by atoms with Crippen LogP contribution < -0.4 is 5.32 Å². The second-order valence-corrected chi connectivity index (χ2v) is 9.52. The fourth-order valence-corrected chi connectivity index (χ4v) is 4.99. The summed E-state index contributed by atoms with van der Waals surface area (Å²) in [5.74, 6) is -0.144. The van der Waals surface area contributed by atoms with Crippen molar-refractivity contribution in [2.45, 2.75) is 36.5 Å². The van der Waals surface area contributed by atoms with E-state index in [1.807, 2.05) is 6.92 Å². The summed E-state index contributed by atoms with van der Waals surface area (Å²) < 4.78 is 24.1. The Bertz CT molecular complexity index is 885. The number of sulfone groups is 1. The normalized spacial score (nSPS) is 15.4. The highest BCUT2D eigenvalue weighted by molar-refractivity contribution is 8.00. The summed E-state index contributed by atoms with van der Waals surface area (Å²) in [7, 11) is -1.97. The van der Waals surface area contributed by atoms with Crippen LogP contribution >= 0.6 is 11.8 Å². The molecule has 3 N–H and O–H groups in total. The van der Waals surface area contributed by atoms with Crippen LogP contribution in [-0.2, 0) is 14.6 Å². The maximum atomic E-state index is 12.3. The summed E-state index contributed by atoms with van der Waals surface area (Å²) in [6.07, 6.45) is 2.81. The lowest BCUT2D eigenvalue weighted by Gasteiger charge is -2.17. The van der Waals surface area contributed by atoms with Crippen molar-refractivity contribution in [1.82, 2.24) is 5.32 Å². The molecule has 6 nitrogen and oxygen atoms in total. The molecule has 8 heteroatoms. The number of aliphatic hydroxyl groups excluding tert-OH is 1. The lowest BCUT2D eigenvalue weighted by atomic mass is 9.98. The van der Waals surface area contributed by atoms with Crippen molar-refractivity contribution in [1.29, 1.82) is 5.41 Å². The van der Waals surface area contributed by atoms with Crippen LogP contribution in [0.4, 0.5) is 0 Å². The van der Waals surface area contributed by atoms with Crippen LogP contribution in [0.3, 0.4) is 0 Å². The number of nitrogens with one attached hydrogen (secondary N) is 2. The summed E-state index contributed by atoms with van der Waals surface area (Å²) in [5.41, 5.74) is 1.04. The fraction of sp³-hybridized carbons (Fsp3) is 0.444. The zero-order valence-corrected chi connectivity index (χ0v) is 17.0. The average Bonchev–Trinajstić information content (AvgIpc) is 3.40. The molecule has 1 saturated carbocycles. The molecule has 1 fully saturated rings. The predicted molar refractivity (Wildman–Crippen MR) is 105 cm³/mol. The van der Waals surface area contributed by atoms with E-state index in [2.05, 4.69) is 5.32 Å². The van der Waals surface area contributed by atoms with Gasteiger partial charge in [-0.15, -0.1) is 11.8 Å². The molecule has 1 aliphatic rings. The Morgan fingerprint density at radius 2 is 2.00 bits per heavy atom. The van der Waals surface area contributed by atoms with Crippen LogP contribution in [0, 0.1) is 18.3 Å². The molecule has 0 aromatic heterocycles. The quantitative estimate of drug-likeness (QED) is 0.284. The van der Waals surface area contributed by atoms with Gasteiger partial charge < -0.3 is 15.8 Å². The number of likely N-dealkylation sites (N-methyl/N-ethyl adjacent to an activating group) is 1. The fourth-order valence-electron chi connectivity index (χ4n) is 2.73. The molecule has 1 amide bonds. The Morgan fingerprint density at radius 3 is 2.46 bits per heavy atom. The first-order valence-corrected chi connectivity index (χ1v) is 11.2. The van der Waals surface area contributed by atoms with Gasteiger partial charge in [-0.05, 0) is 43.2 Å². The van der Waals surface area contributed by atoms with Gasteiger partial charge in [0.25, 0.3) is 5.91 Å². The third-order valence-electron chi connectivity index (χ3n) is 4.26. The van der Waals surface area contributed by atoms with Crippen molar-refractivity contribution >= 4 is 39.0 Å². The lowest BCUT2D eigenvalue weighted by Crippen LogP contribution is -2.27. The van der Waals surface area contributed by atoms with Crippen LogP contribution in [-0.4, -0.2) is 44.2 Å². The summed E-state index contributed by atoms with van der Waals surface area (Å²) in [4.78, 5) is 13.0. The van der Waals surface area contributed by atoms with E-state index in [1.54, 1.807) is 6.92 Å². The third-order valence-corrected chi connectivity index (χ3v) is 6.63. The zero-order valence-electron chi connectivity index (χ0n) is 15.3. The summed E-state index contributed by atoms with van der Waals surface area (Å²) in [6, 6.07) is 2.96. The molecular weight excluding hydrogens is 372 g/mol. The minimum absolute atomic E-state index is 0.00969. The highest BCUT2D eigenvalue weighted by atomic mass is 32.2. The van der Waals surface area contributed by atoms with E-state index in [-0.39, 0.29) is 27.9 Å². The van der Waals surface area contributed by atoms with Crippen LogP contribution in [0.15, 0.2) is 27.5 Å². The van der Waals surface area contributed by atoms with E-state index in [9.17, 15) is 18.3 Å². The summed E-state index contributed by atoms with van der Waals surface area (Å²) in [6.45, 7) is 3.64. The van der Waals surface area contributed by atoms with E-state index >= 15 is 0 Å². The van der Waals surface area contributed by atoms with Gasteiger partial charge in [0.05, 0.1) is 10.6 Å². The largest absolute Gasteiger partial charge is 0.506 e. The number of hydrogen-bond acceptors (Lipinski definition) is 6. The molecule has 26 heavy (non-hydrogen) atoms. The molecule has 1 aromatic carbocycles. The Balaban J connectivity index is 2.70. The molecule has 1 aromatic rings. The number of carbonyl (C=O) groups is 1. The van der Waals surface area contributed by atoms with Gasteiger partial charge in [-0.2, -0.15) is 0 Å². The van der Waals surface area contributed by atoms with Crippen molar-refractivity contribution in [2.24, 2.45) is 5.92 Å². The Morgan fingerprint density at radius 1 is 1.38 bits per heavy atom. The van der Waals surface area contributed by atoms with Gasteiger partial charge in [0.1, 0.15) is 11.3 Å². The molecule has 0 unspecified atom stereocenters. The van der Waals surface area contributed by atoms with Crippen molar-refractivity contribution in [3.63, 3.8) is 0 Å². The number of benzene rings is 1. The lowest BCUT2D eigenvalue weighted by molar-refractivity contribution is -0.116. The van der Waals surface area contributed by atoms with Crippen molar-refractivity contribution < 1.29 is 18.3 Å². The van der Waals surface area contributed by atoms with E-state index in [1.165, 1.54) is 30.9 Å². The molecule has 0 radical (unpaired) electrons. The molecule has 142 valence electrons. The maximum Gasteiger partial charge on any atom is 0.256 e.